The maximum Gasteiger partial charge on any atom is 0.264 e. The molecule has 0 aliphatic carbocycles. The molecule has 1 heterocycles. The smallest absolute Gasteiger partial charge is 0.264 e. The standard InChI is InChI=1S/C19H19ClN2O3/c1-19(2,25-16-9-7-15(20)8-10-16)18(23)22-12-3-4-13-24-17-6-5-11-21-14-17/h5-11,14H,12-13H2,1-2H3,(H,22,23). The lowest BCUT2D eigenvalue weighted by Gasteiger charge is -2.24. The summed E-state index contributed by atoms with van der Waals surface area (Å²) in [6, 6.07) is 10.4. The highest BCUT2D eigenvalue weighted by molar-refractivity contribution is 6.30. The first-order valence-electron chi connectivity index (χ1n) is 7.69. The van der Waals surface area contributed by atoms with Gasteiger partial charge >= 0.3 is 0 Å². The molecule has 6 heteroatoms. The second kappa shape index (κ2) is 8.95. The number of rotatable bonds is 6. The Bertz CT molecular complexity index is 750. The lowest BCUT2D eigenvalue weighted by Crippen LogP contribution is -2.46. The number of hydrogen-bond acceptors (Lipinski definition) is 4. The number of pyridine rings is 1. The van der Waals surface area contributed by atoms with Gasteiger partial charge in [-0.2, -0.15) is 0 Å². The summed E-state index contributed by atoms with van der Waals surface area (Å²) in [5.74, 6) is 6.62. The highest BCUT2D eigenvalue weighted by atomic mass is 35.5. The summed E-state index contributed by atoms with van der Waals surface area (Å²) in [6.45, 7) is 3.82. The first kappa shape index (κ1) is 18.6. The van der Waals surface area contributed by atoms with Crippen molar-refractivity contribution in [2.45, 2.75) is 19.4 Å². The van der Waals surface area contributed by atoms with E-state index < -0.39 is 5.60 Å². The molecular weight excluding hydrogens is 340 g/mol. The summed E-state index contributed by atoms with van der Waals surface area (Å²) in [5.41, 5.74) is -1.03. The van der Waals surface area contributed by atoms with E-state index >= 15 is 0 Å². The number of amides is 1. The minimum absolute atomic E-state index is 0.211. The molecule has 2 rings (SSSR count). The molecule has 130 valence electrons. The largest absolute Gasteiger partial charge is 0.479 e. The summed E-state index contributed by atoms with van der Waals surface area (Å²) in [4.78, 5) is 16.2. The first-order chi connectivity index (χ1) is 12.0. The topological polar surface area (TPSA) is 60.5 Å². The number of nitrogens with zero attached hydrogens (tertiary/aromatic N) is 1. The van der Waals surface area contributed by atoms with Gasteiger partial charge in [0.05, 0.1) is 12.7 Å². The molecule has 0 atom stereocenters. The molecule has 1 amide bonds. The van der Waals surface area contributed by atoms with Gasteiger partial charge in [0.15, 0.2) is 5.60 Å². The molecule has 0 saturated heterocycles. The fraction of sp³-hybridized carbons (Fsp3) is 0.263. The van der Waals surface area contributed by atoms with Crippen molar-refractivity contribution in [1.82, 2.24) is 10.3 Å². The highest BCUT2D eigenvalue weighted by Crippen LogP contribution is 2.20. The van der Waals surface area contributed by atoms with Crippen molar-refractivity contribution in [3.63, 3.8) is 0 Å². The SMILES string of the molecule is CC(C)(Oc1ccc(Cl)cc1)C(=O)NCC#CCOc1cccnc1. The van der Waals surface area contributed by atoms with Gasteiger partial charge in [-0.05, 0) is 50.2 Å². The van der Waals surface area contributed by atoms with E-state index in [0.717, 1.165) is 0 Å². The Labute approximate surface area is 152 Å². The fourth-order valence-electron chi connectivity index (χ4n) is 1.85. The summed E-state index contributed by atoms with van der Waals surface area (Å²) in [5, 5.41) is 3.33. The third-order valence-electron chi connectivity index (χ3n) is 3.14. The van der Waals surface area contributed by atoms with Gasteiger partial charge in [0.25, 0.3) is 5.91 Å². The van der Waals surface area contributed by atoms with Crippen LogP contribution in [0.25, 0.3) is 0 Å². The number of benzene rings is 1. The van der Waals surface area contributed by atoms with Crippen LogP contribution < -0.4 is 14.8 Å². The Morgan fingerprint density at radius 2 is 1.96 bits per heavy atom. The second-order valence-corrected chi connectivity index (χ2v) is 6.02. The zero-order valence-electron chi connectivity index (χ0n) is 14.1. The van der Waals surface area contributed by atoms with E-state index in [1.165, 1.54) is 0 Å². The molecule has 1 aromatic carbocycles. The van der Waals surface area contributed by atoms with Crippen molar-refractivity contribution in [3.05, 3.63) is 53.8 Å². The number of aromatic nitrogens is 1. The van der Waals surface area contributed by atoms with Gasteiger partial charge in [-0.25, -0.2) is 0 Å². The van der Waals surface area contributed by atoms with Crippen LogP contribution in [-0.4, -0.2) is 29.6 Å². The number of ether oxygens (including phenoxy) is 2. The molecule has 0 saturated carbocycles. The van der Waals surface area contributed by atoms with Gasteiger partial charge in [-0.1, -0.05) is 23.4 Å². The molecule has 0 aliphatic rings. The van der Waals surface area contributed by atoms with Gasteiger partial charge in [0, 0.05) is 11.2 Å². The minimum atomic E-state index is -1.03. The average Bonchev–Trinajstić information content (AvgIpc) is 2.60. The van der Waals surface area contributed by atoms with Crippen LogP contribution in [-0.2, 0) is 4.79 Å². The summed E-state index contributed by atoms with van der Waals surface area (Å²) in [7, 11) is 0. The quantitative estimate of drug-likeness (QED) is 0.806. The highest BCUT2D eigenvalue weighted by Gasteiger charge is 2.29. The zero-order chi connectivity index (χ0) is 18.1. The summed E-state index contributed by atoms with van der Waals surface area (Å²) in [6.07, 6.45) is 3.28. The van der Waals surface area contributed by atoms with Gasteiger partial charge in [-0.3, -0.25) is 9.78 Å². The number of hydrogen-bond donors (Lipinski definition) is 1. The monoisotopic (exact) mass is 358 g/mol. The van der Waals surface area contributed by atoms with E-state index in [1.54, 1.807) is 62.6 Å². The van der Waals surface area contributed by atoms with Gasteiger partial charge in [0.2, 0.25) is 0 Å². The Morgan fingerprint density at radius 3 is 2.64 bits per heavy atom. The first-order valence-corrected chi connectivity index (χ1v) is 8.06. The van der Waals surface area contributed by atoms with Crippen LogP contribution in [0.1, 0.15) is 13.8 Å². The van der Waals surface area contributed by atoms with Crippen LogP contribution >= 0.6 is 11.6 Å². The Hall–Kier alpha value is -2.71. The van der Waals surface area contributed by atoms with Crippen molar-refractivity contribution < 1.29 is 14.3 Å². The Balaban J connectivity index is 1.75. The van der Waals surface area contributed by atoms with Crippen LogP contribution in [0.15, 0.2) is 48.8 Å². The predicted molar refractivity (Wildman–Crippen MR) is 96.7 cm³/mol. The van der Waals surface area contributed by atoms with Crippen molar-refractivity contribution in [2.75, 3.05) is 13.2 Å². The van der Waals surface area contributed by atoms with Crippen molar-refractivity contribution in [1.29, 1.82) is 0 Å². The van der Waals surface area contributed by atoms with Crippen molar-refractivity contribution in [3.8, 4) is 23.3 Å². The maximum absolute atomic E-state index is 12.2. The average molecular weight is 359 g/mol. The van der Waals surface area contributed by atoms with Crippen molar-refractivity contribution in [2.24, 2.45) is 0 Å². The van der Waals surface area contributed by atoms with E-state index in [0.29, 0.717) is 16.5 Å². The van der Waals surface area contributed by atoms with E-state index in [2.05, 4.69) is 22.1 Å². The molecule has 5 nitrogen and oxygen atoms in total. The minimum Gasteiger partial charge on any atom is -0.479 e. The van der Waals surface area contributed by atoms with Crippen LogP contribution in [0.5, 0.6) is 11.5 Å². The van der Waals surface area contributed by atoms with Crippen molar-refractivity contribution >= 4 is 17.5 Å². The molecule has 0 spiro atoms. The molecule has 1 aromatic heterocycles. The van der Waals surface area contributed by atoms with Crippen LogP contribution in [0, 0.1) is 11.8 Å². The third kappa shape index (κ3) is 6.36. The number of carbonyl (C=O) groups excluding carboxylic acids is 1. The second-order valence-electron chi connectivity index (χ2n) is 5.58. The van der Waals surface area contributed by atoms with E-state index in [-0.39, 0.29) is 19.1 Å². The fourth-order valence-corrected chi connectivity index (χ4v) is 1.97. The van der Waals surface area contributed by atoms with Crippen LogP contribution in [0.2, 0.25) is 5.02 Å². The van der Waals surface area contributed by atoms with E-state index in [9.17, 15) is 4.79 Å². The molecule has 1 N–H and O–H groups in total. The molecule has 2 aromatic rings. The summed E-state index contributed by atoms with van der Waals surface area (Å²) >= 11 is 5.83. The van der Waals surface area contributed by atoms with E-state index in [1.807, 2.05) is 0 Å². The van der Waals surface area contributed by atoms with Gasteiger partial charge in [-0.15, -0.1) is 0 Å². The summed E-state index contributed by atoms with van der Waals surface area (Å²) < 4.78 is 11.1. The molecule has 0 unspecified atom stereocenters. The molecule has 0 fully saturated rings. The van der Waals surface area contributed by atoms with Gasteiger partial charge in [0.1, 0.15) is 18.1 Å². The lowest BCUT2D eigenvalue weighted by atomic mass is 10.1. The molecule has 0 radical (unpaired) electrons. The lowest BCUT2D eigenvalue weighted by molar-refractivity contribution is -0.133. The maximum atomic E-state index is 12.2. The zero-order valence-corrected chi connectivity index (χ0v) is 14.8. The number of halogens is 1. The Morgan fingerprint density at radius 1 is 1.20 bits per heavy atom. The molecule has 25 heavy (non-hydrogen) atoms. The molecule has 0 aliphatic heterocycles. The molecule has 0 bridgehead atoms. The number of carbonyl (C=O) groups is 1. The van der Waals surface area contributed by atoms with Gasteiger partial charge < -0.3 is 14.8 Å². The van der Waals surface area contributed by atoms with E-state index in [4.69, 9.17) is 21.1 Å². The molecular formula is C19H19ClN2O3. The van der Waals surface area contributed by atoms with Crippen LogP contribution in [0.3, 0.4) is 0 Å². The third-order valence-corrected chi connectivity index (χ3v) is 3.39. The Kier molecular flexibility index (Phi) is 6.67. The number of nitrogens with one attached hydrogen (secondary N) is 1. The van der Waals surface area contributed by atoms with Crippen LogP contribution in [0.4, 0.5) is 0 Å². The predicted octanol–water partition coefficient (Wildman–Crippen LogP) is 3.09. The normalized spacial score (nSPS) is 10.4.